The van der Waals surface area contributed by atoms with E-state index in [0.29, 0.717) is 23.4 Å². The van der Waals surface area contributed by atoms with Gasteiger partial charge in [0.15, 0.2) is 0 Å². The molecule has 3 aromatic rings. The minimum atomic E-state index is -0.140. The number of carbonyl (C=O) groups is 2. The highest BCUT2D eigenvalue weighted by Gasteiger charge is 2.26. The zero-order valence-corrected chi connectivity index (χ0v) is 19.0. The lowest BCUT2D eigenvalue weighted by molar-refractivity contribution is 0.0986. The number of fused-ring (bicyclic) bond motifs is 1. The molecule has 1 N–H and O–H groups in total. The van der Waals surface area contributed by atoms with Crippen molar-refractivity contribution >= 4 is 46.3 Å². The van der Waals surface area contributed by atoms with Crippen LogP contribution in [-0.2, 0) is 6.42 Å². The first-order chi connectivity index (χ1) is 14.5. The number of nitrogens with zero attached hydrogens (tertiary/aromatic N) is 1. The zero-order valence-electron chi connectivity index (χ0n) is 17.3. The first-order valence-corrected chi connectivity index (χ1v) is 11.8. The molecule has 0 saturated heterocycles. The molecule has 1 aliphatic heterocycles. The Morgan fingerprint density at radius 2 is 1.83 bits per heavy atom. The van der Waals surface area contributed by atoms with Crippen LogP contribution in [0.3, 0.4) is 0 Å². The second kappa shape index (κ2) is 8.66. The summed E-state index contributed by atoms with van der Waals surface area (Å²) in [6, 6.07) is 15.1. The Hall–Kier alpha value is -2.57. The molecule has 4 nitrogen and oxygen atoms in total. The van der Waals surface area contributed by atoms with E-state index >= 15 is 0 Å². The topological polar surface area (TPSA) is 49.4 Å². The van der Waals surface area contributed by atoms with Crippen molar-refractivity contribution in [3.8, 4) is 0 Å². The van der Waals surface area contributed by atoms with E-state index in [4.69, 9.17) is 0 Å². The van der Waals surface area contributed by atoms with Gasteiger partial charge in [0.25, 0.3) is 11.8 Å². The van der Waals surface area contributed by atoms with Crippen LogP contribution in [0.15, 0.2) is 52.7 Å². The molecule has 0 radical (unpaired) electrons. The van der Waals surface area contributed by atoms with Crippen molar-refractivity contribution in [2.75, 3.05) is 22.5 Å². The van der Waals surface area contributed by atoms with Gasteiger partial charge in [-0.25, -0.2) is 0 Å². The van der Waals surface area contributed by atoms with Gasteiger partial charge in [0, 0.05) is 34.0 Å². The predicted octanol–water partition coefficient (Wildman–Crippen LogP) is 5.93. The molecule has 1 aliphatic rings. The summed E-state index contributed by atoms with van der Waals surface area (Å²) in [6.45, 7) is 6.74. The smallest absolute Gasteiger partial charge is 0.258 e. The molecule has 0 unspecified atom stereocenters. The van der Waals surface area contributed by atoms with Gasteiger partial charge in [0.2, 0.25) is 0 Å². The molecule has 0 atom stereocenters. The number of rotatable bonds is 4. The Balaban J connectivity index is 1.50. The Labute approximate surface area is 185 Å². The third kappa shape index (κ3) is 4.16. The monoisotopic (exact) mass is 436 g/mol. The van der Waals surface area contributed by atoms with E-state index in [2.05, 4.69) is 18.3 Å². The second-order valence-electron chi connectivity index (χ2n) is 7.39. The van der Waals surface area contributed by atoms with Gasteiger partial charge >= 0.3 is 0 Å². The number of aryl methyl sites for hydroxylation is 3. The minimum absolute atomic E-state index is 0.00408. The normalized spacial score (nSPS) is 13.1. The van der Waals surface area contributed by atoms with E-state index in [9.17, 15) is 9.59 Å². The number of hydrogen-bond donors (Lipinski definition) is 1. The standard InChI is InChI=1S/C24H24N2O2S2/c1-4-19-14-21-24(30-19)29-12-11-26(21)23(28)17-7-9-18(10-8-17)25-22(27)20-13-15(2)5-6-16(20)3/h5-10,13-14H,4,11-12H2,1-3H3,(H,25,27). The zero-order chi connectivity index (χ0) is 21.3. The van der Waals surface area contributed by atoms with E-state index < -0.39 is 0 Å². The van der Waals surface area contributed by atoms with Crippen molar-refractivity contribution in [2.45, 2.75) is 31.4 Å². The first-order valence-electron chi connectivity index (χ1n) is 10.0. The molecule has 2 heterocycles. The first kappa shape index (κ1) is 20.7. The van der Waals surface area contributed by atoms with Crippen molar-refractivity contribution in [3.05, 3.63) is 75.7 Å². The average molecular weight is 437 g/mol. The van der Waals surface area contributed by atoms with Crippen molar-refractivity contribution < 1.29 is 9.59 Å². The summed E-state index contributed by atoms with van der Waals surface area (Å²) in [5.41, 5.74) is 4.98. The Kier molecular flexibility index (Phi) is 5.97. The number of hydrogen-bond acceptors (Lipinski definition) is 4. The number of thiophene rings is 1. The Morgan fingerprint density at radius 3 is 2.57 bits per heavy atom. The molecular formula is C24H24N2O2S2. The summed E-state index contributed by atoms with van der Waals surface area (Å²) < 4.78 is 1.23. The van der Waals surface area contributed by atoms with E-state index in [1.165, 1.54) is 9.09 Å². The van der Waals surface area contributed by atoms with Crippen molar-refractivity contribution in [1.29, 1.82) is 0 Å². The lowest BCUT2D eigenvalue weighted by Crippen LogP contribution is -2.34. The third-order valence-electron chi connectivity index (χ3n) is 5.19. The van der Waals surface area contributed by atoms with Crippen LogP contribution in [0.25, 0.3) is 0 Å². The molecule has 0 saturated carbocycles. The summed E-state index contributed by atoms with van der Waals surface area (Å²) in [5, 5.41) is 2.93. The average Bonchev–Trinajstić information content (AvgIpc) is 3.19. The van der Waals surface area contributed by atoms with Crippen LogP contribution in [0, 0.1) is 13.8 Å². The van der Waals surface area contributed by atoms with Gasteiger partial charge in [0.1, 0.15) is 0 Å². The number of anilines is 2. The summed E-state index contributed by atoms with van der Waals surface area (Å²) in [4.78, 5) is 28.9. The van der Waals surface area contributed by atoms with Gasteiger partial charge in [-0.3, -0.25) is 9.59 Å². The highest BCUT2D eigenvalue weighted by Crippen LogP contribution is 2.42. The highest BCUT2D eigenvalue weighted by atomic mass is 32.2. The maximum Gasteiger partial charge on any atom is 0.258 e. The molecule has 30 heavy (non-hydrogen) atoms. The number of nitrogens with one attached hydrogen (secondary N) is 1. The van der Waals surface area contributed by atoms with Crippen LogP contribution >= 0.6 is 23.1 Å². The molecular weight excluding hydrogens is 412 g/mol. The van der Waals surface area contributed by atoms with Crippen LogP contribution in [-0.4, -0.2) is 24.1 Å². The molecule has 0 fully saturated rings. The van der Waals surface area contributed by atoms with Crippen molar-refractivity contribution in [1.82, 2.24) is 0 Å². The number of amides is 2. The molecule has 0 spiro atoms. The van der Waals surface area contributed by atoms with Crippen LogP contribution in [0.1, 0.15) is 43.6 Å². The second-order valence-corrected chi connectivity index (χ2v) is 9.89. The van der Waals surface area contributed by atoms with Gasteiger partial charge in [-0.05, 0) is 62.2 Å². The lowest BCUT2D eigenvalue weighted by Gasteiger charge is -2.26. The number of carbonyl (C=O) groups excluding carboxylic acids is 2. The maximum atomic E-state index is 13.1. The quantitative estimate of drug-likeness (QED) is 0.551. The largest absolute Gasteiger partial charge is 0.322 e. The SMILES string of the molecule is CCc1cc2c(s1)SCCN2C(=O)c1ccc(NC(=O)c2cc(C)ccc2C)cc1. The van der Waals surface area contributed by atoms with E-state index in [1.54, 1.807) is 35.6 Å². The predicted molar refractivity (Wildman–Crippen MR) is 126 cm³/mol. The summed E-state index contributed by atoms with van der Waals surface area (Å²) >= 11 is 3.61. The van der Waals surface area contributed by atoms with Crippen LogP contribution in [0.5, 0.6) is 0 Å². The van der Waals surface area contributed by atoms with Gasteiger partial charge in [0.05, 0.1) is 9.90 Å². The summed E-state index contributed by atoms with van der Waals surface area (Å²) in [6.07, 6.45) is 0.981. The molecule has 4 rings (SSSR count). The Bertz CT molecular complexity index is 1100. The summed E-state index contributed by atoms with van der Waals surface area (Å²) in [7, 11) is 0. The molecule has 2 aromatic carbocycles. The number of thioether (sulfide) groups is 1. The molecule has 0 bridgehead atoms. The Morgan fingerprint density at radius 1 is 1.07 bits per heavy atom. The van der Waals surface area contributed by atoms with Gasteiger partial charge in [-0.2, -0.15) is 0 Å². The molecule has 6 heteroatoms. The fourth-order valence-electron chi connectivity index (χ4n) is 3.47. The molecule has 2 amide bonds. The van der Waals surface area contributed by atoms with Crippen molar-refractivity contribution in [3.63, 3.8) is 0 Å². The molecule has 154 valence electrons. The van der Waals surface area contributed by atoms with E-state index in [-0.39, 0.29) is 11.8 Å². The highest BCUT2D eigenvalue weighted by molar-refractivity contribution is 8.01. The van der Waals surface area contributed by atoms with Crippen LogP contribution in [0.4, 0.5) is 11.4 Å². The van der Waals surface area contributed by atoms with Crippen LogP contribution < -0.4 is 10.2 Å². The maximum absolute atomic E-state index is 13.1. The van der Waals surface area contributed by atoms with Gasteiger partial charge in [-0.1, -0.05) is 24.6 Å². The molecule has 1 aromatic heterocycles. The van der Waals surface area contributed by atoms with Gasteiger partial charge in [-0.15, -0.1) is 23.1 Å². The third-order valence-corrected chi connectivity index (χ3v) is 7.72. The van der Waals surface area contributed by atoms with E-state index in [0.717, 1.165) is 29.0 Å². The molecule has 0 aliphatic carbocycles. The van der Waals surface area contributed by atoms with Crippen LogP contribution in [0.2, 0.25) is 0 Å². The number of benzene rings is 2. The summed E-state index contributed by atoms with van der Waals surface area (Å²) in [5.74, 6) is 0.773. The van der Waals surface area contributed by atoms with Crippen molar-refractivity contribution in [2.24, 2.45) is 0 Å². The lowest BCUT2D eigenvalue weighted by atomic mass is 10.0. The van der Waals surface area contributed by atoms with Gasteiger partial charge < -0.3 is 10.2 Å². The minimum Gasteiger partial charge on any atom is -0.322 e. The fourth-order valence-corrected chi connectivity index (χ4v) is 5.88. The van der Waals surface area contributed by atoms with E-state index in [1.807, 2.05) is 48.7 Å². The fraction of sp³-hybridized carbons (Fsp3) is 0.250.